The Hall–Kier alpha value is -2.73. The van der Waals surface area contributed by atoms with Gasteiger partial charge in [0, 0.05) is 6.54 Å². The van der Waals surface area contributed by atoms with Crippen molar-refractivity contribution < 1.29 is 46.6 Å². The molecule has 1 fully saturated rings. The Kier molecular flexibility index (Phi) is 7.68. The van der Waals surface area contributed by atoms with Gasteiger partial charge in [-0.1, -0.05) is 12.1 Å². The van der Waals surface area contributed by atoms with Gasteiger partial charge in [0.25, 0.3) is 0 Å². The maximum atomic E-state index is 12.8. The van der Waals surface area contributed by atoms with Gasteiger partial charge in [-0.25, -0.2) is 9.59 Å². The second-order valence-corrected chi connectivity index (χ2v) is 9.77. The molecule has 0 aromatic heterocycles. The number of alkyl carbamates (subject to hydrolysis) is 1. The van der Waals surface area contributed by atoms with E-state index < -0.39 is 53.7 Å². The monoisotopic (exact) mass is 487 g/mol. The maximum absolute atomic E-state index is 12.8. The number of carboxylic acid groups (broad SMARTS) is 1. The quantitative estimate of drug-likeness (QED) is 0.555. The van der Waals surface area contributed by atoms with Crippen molar-refractivity contribution in [2.24, 2.45) is 0 Å². The van der Waals surface area contributed by atoms with Crippen LogP contribution < -0.4 is 10.1 Å². The van der Waals surface area contributed by atoms with E-state index in [2.05, 4.69) is 10.1 Å². The number of benzene rings is 1. The molecule has 2 rings (SSSR count). The van der Waals surface area contributed by atoms with Crippen molar-refractivity contribution in [1.82, 2.24) is 5.32 Å². The largest absolute Gasteiger partial charge is 0.573 e. The zero-order valence-corrected chi connectivity index (χ0v) is 20.1. The van der Waals surface area contributed by atoms with Crippen LogP contribution in [0.4, 0.5) is 18.0 Å². The Morgan fingerprint density at radius 2 is 1.68 bits per heavy atom. The molecule has 0 atom stereocenters. The summed E-state index contributed by atoms with van der Waals surface area (Å²) in [4.78, 5) is 23.5. The third-order valence-corrected chi connectivity index (χ3v) is 5.21. The predicted molar refractivity (Wildman–Crippen MR) is 118 cm³/mol. The van der Waals surface area contributed by atoms with Gasteiger partial charge in [-0.3, -0.25) is 0 Å². The van der Waals surface area contributed by atoms with Crippen LogP contribution in [-0.2, 0) is 14.0 Å². The first kappa shape index (κ1) is 27.5. The van der Waals surface area contributed by atoms with Crippen LogP contribution in [0.2, 0.25) is 0 Å². The lowest BCUT2D eigenvalue weighted by Crippen LogP contribution is -2.41. The van der Waals surface area contributed by atoms with E-state index in [1.807, 2.05) is 27.7 Å². The Bertz CT molecular complexity index is 952. The third-order valence-electron chi connectivity index (χ3n) is 5.21. The Labute approximate surface area is 196 Å². The number of carbonyl (C=O) groups excluding carboxylic acids is 1. The van der Waals surface area contributed by atoms with Gasteiger partial charge in [0.15, 0.2) is 0 Å². The van der Waals surface area contributed by atoms with Crippen LogP contribution in [0.25, 0.3) is 6.08 Å². The highest BCUT2D eigenvalue weighted by molar-refractivity contribution is 6.56. The van der Waals surface area contributed by atoms with Gasteiger partial charge in [-0.05, 0) is 71.6 Å². The lowest BCUT2D eigenvalue weighted by Gasteiger charge is -2.32. The first-order valence-corrected chi connectivity index (χ1v) is 10.5. The number of alkyl halides is 3. The molecule has 0 spiro atoms. The fourth-order valence-corrected chi connectivity index (χ4v) is 2.91. The summed E-state index contributed by atoms with van der Waals surface area (Å²) in [5, 5.41) is 11.8. The second kappa shape index (κ2) is 9.49. The van der Waals surface area contributed by atoms with Gasteiger partial charge < -0.3 is 29.2 Å². The smallest absolute Gasteiger partial charge is 0.478 e. The topological polar surface area (TPSA) is 103 Å². The summed E-state index contributed by atoms with van der Waals surface area (Å²) in [7, 11) is -0.939. The van der Waals surface area contributed by atoms with E-state index in [9.17, 15) is 27.9 Å². The van der Waals surface area contributed by atoms with Crippen molar-refractivity contribution >= 4 is 25.3 Å². The molecule has 1 aromatic carbocycles. The number of aromatic carboxylic acids is 1. The third kappa shape index (κ3) is 7.39. The first-order chi connectivity index (χ1) is 15.3. The van der Waals surface area contributed by atoms with Gasteiger partial charge in [-0.2, -0.15) is 0 Å². The highest BCUT2D eigenvalue weighted by atomic mass is 19.4. The SMILES string of the molecule is CC(C)(C)OC(=O)NCC(=Cc1ccc(C(=O)O)c(OC(F)(F)F)c1)B1OC(C)(C)C(C)(C)O1. The molecule has 188 valence electrons. The molecule has 8 nitrogen and oxygen atoms in total. The fourth-order valence-electron chi connectivity index (χ4n) is 2.91. The molecule has 1 aliphatic heterocycles. The van der Waals surface area contributed by atoms with Crippen molar-refractivity contribution in [3.8, 4) is 5.75 Å². The number of carboxylic acids is 1. The maximum Gasteiger partial charge on any atom is 0.573 e. The van der Waals surface area contributed by atoms with Crippen molar-refractivity contribution in [3.63, 3.8) is 0 Å². The van der Waals surface area contributed by atoms with Crippen LogP contribution >= 0.6 is 0 Å². The number of halogens is 3. The molecular weight excluding hydrogens is 458 g/mol. The predicted octanol–water partition coefficient (Wildman–Crippen LogP) is 4.82. The van der Waals surface area contributed by atoms with E-state index in [4.69, 9.17) is 14.0 Å². The molecule has 0 aliphatic carbocycles. The fraction of sp³-hybridized carbons (Fsp3) is 0.545. The highest BCUT2D eigenvalue weighted by Crippen LogP contribution is 2.39. The zero-order chi connectivity index (χ0) is 26.1. The minimum atomic E-state index is -5.08. The lowest BCUT2D eigenvalue weighted by molar-refractivity contribution is -0.274. The number of nitrogens with one attached hydrogen (secondary N) is 1. The molecule has 1 amide bonds. The van der Waals surface area contributed by atoms with Crippen molar-refractivity contribution in [1.29, 1.82) is 0 Å². The van der Waals surface area contributed by atoms with Crippen LogP contribution in [-0.4, -0.2) is 54.0 Å². The number of ether oxygens (including phenoxy) is 2. The molecule has 0 saturated carbocycles. The summed E-state index contributed by atoms with van der Waals surface area (Å²) in [6.07, 6.45) is -4.36. The van der Waals surface area contributed by atoms with E-state index >= 15 is 0 Å². The van der Waals surface area contributed by atoms with Crippen molar-refractivity contribution in [2.45, 2.75) is 71.6 Å². The number of rotatable bonds is 6. The molecule has 1 saturated heterocycles. The van der Waals surface area contributed by atoms with Gasteiger partial charge in [-0.15, -0.1) is 13.2 Å². The van der Waals surface area contributed by atoms with E-state index in [1.54, 1.807) is 20.8 Å². The van der Waals surface area contributed by atoms with Crippen LogP contribution in [0.5, 0.6) is 5.75 Å². The zero-order valence-electron chi connectivity index (χ0n) is 20.1. The summed E-state index contributed by atoms with van der Waals surface area (Å²) < 4.78 is 59.6. The van der Waals surface area contributed by atoms with E-state index in [0.29, 0.717) is 5.47 Å². The standard InChI is InChI=1S/C22H29BF3NO7/c1-19(2,3)32-18(30)27-12-14(23-33-20(4,5)21(6,7)34-23)10-13-8-9-15(17(28)29)16(11-13)31-22(24,25)26/h8-11H,12H2,1-7H3,(H,27,30)(H,28,29). The molecule has 0 bridgehead atoms. The summed E-state index contributed by atoms with van der Waals surface area (Å²) in [6.45, 7) is 12.3. The average molecular weight is 487 g/mol. The molecular formula is C22H29BF3NO7. The average Bonchev–Trinajstić information content (AvgIpc) is 2.83. The number of carbonyl (C=O) groups is 2. The normalized spacial score (nSPS) is 17.9. The van der Waals surface area contributed by atoms with Gasteiger partial charge in [0.2, 0.25) is 0 Å². The van der Waals surface area contributed by atoms with Crippen LogP contribution in [0.15, 0.2) is 23.7 Å². The minimum Gasteiger partial charge on any atom is -0.478 e. The second-order valence-electron chi connectivity index (χ2n) is 9.77. The van der Waals surface area contributed by atoms with Gasteiger partial charge in [0.1, 0.15) is 16.9 Å². The van der Waals surface area contributed by atoms with E-state index in [0.717, 1.165) is 12.1 Å². The molecule has 0 unspecified atom stereocenters. The molecule has 0 radical (unpaired) electrons. The summed E-state index contributed by atoms with van der Waals surface area (Å²) >= 11 is 0. The molecule has 1 aromatic rings. The Morgan fingerprint density at radius 3 is 2.15 bits per heavy atom. The van der Waals surface area contributed by atoms with Crippen LogP contribution in [0.1, 0.15) is 64.4 Å². The number of hydrogen-bond acceptors (Lipinski definition) is 6. The molecule has 2 N–H and O–H groups in total. The first-order valence-electron chi connectivity index (χ1n) is 10.5. The van der Waals surface area contributed by atoms with Crippen molar-refractivity contribution in [2.75, 3.05) is 6.54 Å². The molecule has 34 heavy (non-hydrogen) atoms. The Morgan fingerprint density at radius 1 is 1.12 bits per heavy atom. The van der Waals surface area contributed by atoms with Crippen LogP contribution in [0.3, 0.4) is 0 Å². The molecule has 1 aliphatic rings. The molecule has 1 heterocycles. The van der Waals surface area contributed by atoms with Crippen LogP contribution in [0, 0.1) is 0 Å². The van der Waals surface area contributed by atoms with Gasteiger partial charge in [0.05, 0.1) is 11.2 Å². The molecule has 12 heteroatoms. The lowest BCUT2D eigenvalue weighted by atomic mass is 9.77. The van der Waals surface area contributed by atoms with Crippen molar-refractivity contribution in [3.05, 3.63) is 34.8 Å². The highest BCUT2D eigenvalue weighted by Gasteiger charge is 2.52. The minimum absolute atomic E-state index is 0.109. The van der Waals surface area contributed by atoms with E-state index in [1.165, 1.54) is 12.1 Å². The number of hydrogen-bond donors (Lipinski definition) is 2. The summed E-state index contributed by atoms with van der Waals surface area (Å²) in [5.41, 5.74) is -2.29. The number of amides is 1. The summed E-state index contributed by atoms with van der Waals surface area (Å²) in [6, 6.07) is 3.25. The van der Waals surface area contributed by atoms with E-state index in [-0.39, 0.29) is 12.1 Å². The van der Waals surface area contributed by atoms with Gasteiger partial charge >= 0.3 is 25.5 Å². The summed E-state index contributed by atoms with van der Waals surface area (Å²) in [5.74, 6) is -2.45. The Balaban J connectivity index is 2.43.